The van der Waals surface area contributed by atoms with Crippen LogP contribution >= 0.6 is 15.9 Å². The molecule has 0 saturated carbocycles. The Hall–Kier alpha value is -1.70. The zero-order valence-electron chi connectivity index (χ0n) is 15.0. The van der Waals surface area contributed by atoms with Gasteiger partial charge in [0.15, 0.2) is 0 Å². The van der Waals surface area contributed by atoms with E-state index in [1.165, 1.54) is 4.31 Å². The first-order valence-corrected chi connectivity index (χ1v) is 11.3. The van der Waals surface area contributed by atoms with Crippen molar-refractivity contribution < 1.29 is 13.2 Å². The van der Waals surface area contributed by atoms with Crippen molar-refractivity contribution in [3.05, 3.63) is 64.6 Å². The molecule has 0 aliphatic carbocycles. The van der Waals surface area contributed by atoms with Gasteiger partial charge in [0.1, 0.15) is 0 Å². The number of amides is 1. The summed E-state index contributed by atoms with van der Waals surface area (Å²) in [4.78, 5) is 12.7. The molecule has 1 aliphatic rings. The molecule has 2 aromatic rings. The van der Waals surface area contributed by atoms with Gasteiger partial charge in [-0.2, -0.15) is 4.31 Å². The van der Waals surface area contributed by atoms with Crippen molar-refractivity contribution in [3.8, 4) is 0 Å². The molecule has 1 fully saturated rings. The number of carbonyl (C=O) groups is 1. The van der Waals surface area contributed by atoms with Gasteiger partial charge in [0.2, 0.25) is 15.9 Å². The lowest BCUT2D eigenvalue weighted by Gasteiger charge is -2.30. The predicted molar refractivity (Wildman–Crippen MR) is 109 cm³/mol. The van der Waals surface area contributed by atoms with Crippen molar-refractivity contribution in [2.45, 2.75) is 24.2 Å². The number of sulfonamides is 1. The van der Waals surface area contributed by atoms with Gasteiger partial charge in [-0.1, -0.05) is 52.3 Å². The number of carbonyl (C=O) groups excluding carboxylic acids is 1. The van der Waals surface area contributed by atoms with Crippen LogP contribution in [0.1, 0.15) is 18.4 Å². The number of rotatable bonds is 6. The highest BCUT2D eigenvalue weighted by molar-refractivity contribution is 9.10. The summed E-state index contributed by atoms with van der Waals surface area (Å²) in [7, 11) is -3.47. The van der Waals surface area contributed by atoms with Gasteiger partial charge in [-0.15, -0.1) is 0 Å². The van der Waals surface area contributed by atoms with E-state index in [0.717, 1.165) is 16.5 Å². The van der Waals surface area contributed by atoms with Crippen molar-refractivity contribution in [2.24, 2.45) is 5.92 Å². The van der Waals surface area contributed by atoms with Crippen LogP contribution in [0.15, 0.2) is 64.0 Å². The van der Waals surface area contributed by atoms with Gasteiger partial charge in [0, 0.05) is 30.0 Å². The van der Waals surface area contributed by atoms with Gasteiger partial charge in [-0.3, -0.25) is 4.79 Å². The molecule has 0 radical (unpaired) electrons. The summed E-state index contributed by atoms with van der Waals surface area (Å²) >= 11 is 3.51. The third-order valence-corrected chi connectivity index (χ3v) is 7.54. The number of halogens is 1. The molecule has 0 unspecified atom stereocenters. The maximum atomic E-state index is 12.6. The first-order chi connectivity index (χ1) is 13.0. The Labute approximate surface area is 169 Å². The van der Waals surface area contributed by atoms with Crippen LogP contribution in [0.4, 0.5) is 0 Å². The van der Waals surface area contributed by atoms with Crippen LogP contribution in [0.5, 0.6) is 0 Å². The Kier molecular flexibility index (Phi) is 6.68. The average molecular weight is 451 g/mol. The van der Waals surface area contributed by atoms with Crippen molar-refractivity contribution in [2.75, 3.05) is 19.6 Å². The highest BCUT2D eigenvalue weighted by Gasteiger charge is 2.31. The van der Waals surface area contributed by atoms with E-state index in [-0.39, 0.29) is 11.8 Å². The Balaban J connectivity index is 1.49. The fourth-order valence-electron chi connectivity index (χ4n) is 3.27. The van der Waals surface area contributed by atoms with E-state index in [2.05, 4.69) is 21.2 Å². The number of nitrogens with zero attached hydrogens (tertiary/aromatic N) is 1. The quantitative estimate of drug-likeness (QED) is 0.734. The molecule has 1 heterocycles. The molecule has 7 heteroatoms. The number of nitrogens with one attached hydrogen (secondary N) is 1. The van der Waals surface area contributed by atoms with E-state index in [4.69, 9.17) is 0 Å². The van der Waals surface area contributed by atoms with Gasteiger partial charge in [0.05, 0.1) is 4.90 Å². The maximum Gasteiger partial charge on any atom is 0.243 e. The normalized spacial score (nSPS) is 16.2. The third kappa shape index (κ3) is 4.97. The van der Waals surface area contributed by atoms with E-state index in [1.807, 2.05) is 24.3 Å². The first kappa shape index (κ1) is 20.0. The monoisotopic (exact) mass is 450 g/mol. The molecule has 144 valence electrons. The molecule has 1 aliphatic heterocycles. The van der Waals surface area contributed by atoms with E-state index < -0.39 is 10.0 Å². The molecule has 1 saturated heterocycles. The smallest absolute Gasteiger partial charge is 0.243 e. The Morgan fingerprint density at radius 3 is 2.33 bits per heavy atom. The standard InChI is InChI=1S/C20H23BrN2O3S/c21-19-9-5-4-6-16(19)10-13-22-20(24)17-11-14-23(15-12-17)27(25,26)18-7-2-1-3-8-18/h1-9,17H,10-15H2,(H,22,24). The van der Waals surface area contributed by atoms with Gasteiger partial charge in [-0.05, 0) is 43.0 Å². The fraction of sp³-hybridized carbons (Fsp3) is 0.350. The lowest BCUT2D eigenvalue weighted by atomic mass is 9.97. The Morgan fingerprint density at radius 1 is 1.04 bits per heavy atom. The summed E-state index contributed by atoms with van der Waals surface area (Å²) in [6, 6.07) is 16.4. The van der Waals surface area contributed by atoms with Crippen LogP contribution in [-0.2, 0) is 21.2 Å². The summed E-state index contributed by atoms with van der Waals surface area (Å²) in [5, 5.41) is 2.99. The molecule has 27 heavy (non-hydrogen) atoms. The molecule has 1 N–H and O–H groups in total. The predicted octanol–water partition coefficient (Wildman–Crippen LogP) is 3.21. The highest BCUT2D eigenvalue weighted by Crippen LogP contribution is 2.24. The molecule has 0 aromatic heterocycles. The molecule has 3 rings (SSSR count). The van der Waals surface area contributed by atoms with E-state index in [0.29, 0.717) is 37.4 Å². The lowest BCUT2D eigenvalue weighted by Crippen LogP contribution is -2.43. The largest absolute Gasteiger partial charge is 0.356 e. The average Bonchev–Trinajstić information content (AvgIpc) is 2.70. The van der Waals surface area contributed by atoms with E-state index in [9.17, 15) is 13.2 Å². The number of hydrogen-bond donors (Lipinski definition) is 1. The molecule has 1 amide bonds. The van der Waals surface area contributed by atoms with Crippen molar-refractivity contribution in [3.63, 3.8) is 0 Å². The molecule has 0 atom stereocenters. The van der Waals surface area contributed by atoms with Crippen LogP contribution in [0.2, 0.25) is 0 Å². The van der Waals surface area contributed by atoms with Crippen LogP contribution in [-0.4, -0.2) is 38.3 Å². The minimum absolute atomic E-state index is 0.0128. The van der Waals surface area contributed by atoms with Crippen LogP contribution in [0.3, 0.4) is 0 Å². The molecular weight excluding hydrogens is 428 g/mol. The van der Waals surface area contributed by atoms with E-state index in [1.54, 1.807) is 30.3 Å². The van der Waals surface area contributed by atoms with Crippen LogP contribution in [0.25, 0.3) is 0 Å². The summed E-state index contributed by atoms with van der Waals surface area (Å²) in [6.07, 6.45) is 1.86. The number of piperidine rings is 1. The summed E-state index contributed by atoms with van der Waals surface area (Å²) in [5.74, 6) is -0.120. The van der Waals surface area contributed by atoms with Gasteiger partial charge < -0.3 is 5.32 Å². The summed E-state index contributed by atoms with van der Waals surface area (Å²) < 4.78 is 27.8. The second-order valence-electron chi connectivity index (χ2n) is 6.62. The highest BCUT2D eigenvalue weighted by atomic mass is 79.9. The van der Waals surface area contributed by atoms with Crippen LogP contribution < -0.4 is 5.32 Å². The molecular formula is C20H23BrN2O3S. The zero-order chi connectivity index (χ0) is 19.3. The minimum atomic E-state index is -3.47. The van der Waals surface area contributed by atoms with Crippen LogP contribution in [0, 0.1) is 5.92 Å². The molecule has 2 aromatic carbocycles. The van der Waals surface area contributed by atoms with Crippen molar-refractivity contribution in [1.82, 2.24) is 9.62 Å². The first-order valence-electron chi connectivity index (χ1n) is 9.05. The van der Waals surface area contributed by atoms with Gasteiger partial charge >= 0.3 is 0 Å². The SMILES string of the molecule is O=C(NCCc1ccccc1Br)C1CCN(S(=O)(=O)c2ccccc2)CC1. The van der Waals surface area contributed by atoms with E-state index >= 15 is 0 Å². The second kappa shape index (κ2) is 8.99. The number of hydrogen-bond acceptors (Lipinski definition) is 3. The fourth-order valence-corrected chi connectivity index (χ4v) is 5.24. The Morgan fingerprint density at radius 2 is 1.67 bits per heavy atom. The number of benzene rings is 2. The lowest BCUT2D eigenvalue weighted by molar-refractivity contribution is -0.126. The van der Waals surface area contributed by atoms with Gasteiger partial charge in [-0.25, -0.2) is 8.42 Å². The topological polar surface area (TPSA) is 66.5 Å². The zero-order valence-corrected chi connectivity index (χ0v) is 17.4. The second-order valence-corrected chi connectivity index (χ2v) is 9.42. The minimum Gasteiger partial charge on any atom is -0.356 e. The molecule has 0 bridgehead atoms. The summed E-state index contributed by atoms with van der Waals surface area (Å²) in [6.45, 7) is 1.32. The molecule has 5 nitrogen and oxygen atoms in total. The maximum absolute atomic E-state index is 12.6. The van der Waals surface area contributed by atoms with Gasteiger partial charge in [0.25, 0.3) is 0 Å². The van der Waals surface area contributed by atoms with Crippen molar-refractivity contribution >= 4 is 31.9 Å². The summed E-state index contributed by atoms with van der Waals surface area (Å²) in [5.41, 5.74) is 1.15. The third-order valence-electron chi connectivity index (χ3n) is 4.86. The van der Waals surface area contributed by atoms with Crippen molar-refractivity contribution in [1.29, 1.82) is 0 Å². The Bertz CT molecular complexity index is 879. The molecule has 0 spiro atoms.